The number of aryl methyl sites for hydroxylation is 1. The maximum absolute atomic E-state index is 13.5. The van der Waals surface area contributed by atoms with Gasteiger partial charge >= 0.3 is 5.69 Å². The Morgan fingerprint density at radius 2 is 1.83 bits per heavy atom. The number of hydrogen-bond acceptors (Lipinski definition) is 3. The van der Waals surface area contributed by atoms with Crippen LogP contribution in [0.3, 0.4) is 0 Å². The van der Waals surface area contributed by atoms with Crippen LogP contribution in [0, 0.1) is 0 Å². The molecule has 4 aromatic rings. The molecule has 0 unspecified atom stereocenters. The van der Waals surface area contributed by atoms with Crippen LogP contribution in [0.5, 0.6) is 0 Å². The van der Waals surface area contributed by atoms with Crippen LogP contribution in [0.4, 0.5) is 0 Å². The van der Waals surface area contributed by atoms with E-state index in [1.807, 2.05) is 21.4 Å². The first-order valence-corrected chi connectivity index (χ1v) is 16.7. The summed E-state index contributed by atoms with van der Waals surface area (Å²) < 4.78 is 13.7. The molecule has 0 aliphatic heterocycles. The predicted molar refractivity (Wildman–Crippen MR) is 153 cm³/mol. The molecule has 3 aromatic heterocycles. The van der Waals surface area contributed by atoms with Crippen LogP contribution in [0.15, 0.2) is 52.0 Å². The van der Waals surface area contributed by atoms with Gasteiger partial charge in [-0.2, -0.15) is 0 Å². The van der Waals surface area contributed by atoms with Crippen molar-refractivity contribution in [3.05, 3.63) is 63.4 Å². The quantitative estimate of drug-likeness (QED) is 0.160. The number of fused-ring (bicyclic) bond motifs is 2. The van der Waals surface area contributed by atoms with Gasteiger partial charge in [0.2, 0.25) is 0 Å². The number of imidazole rings is 1. The number of pyridine rings is 1. The van der Waals surface area contributed by atoms with E-state index in [0.29, 0.717) is 12.6 Å². The van der Waals surface area contributed by atoms with Gasteiger partial charge in [0.1, 0.15) is 0 Å². The minimum atomic E-state index is -1.73. The third kappa shape index (κ3) is 4.87. The lowest BCUT2D eigenvalue weighted by molar-refractivity contribution is 0.276. The molecule has 1 aliphatic rings. The SMILES string of the molecule is CC(C)(C)[Si](C)(C)OCCCCn1c(Cn2c(=O)n(C3CC3)c3ccncc32)cc2cc(Br)ccc21. The Labute approximate surface area is 222 Å². The summed E-state index contributed by atoms with van der Waals surface area (Å²) in [6, 6.07) is 11.0. The molecule has 0 N–H and O–H groups in total. The van der Waals surface area contributed by atoms with Crippen molar-refractivity contribution >= 4 is 46.2 Å². The van der Waals surface area contributed by atoms with E-state index >= 15 is 0 Å². The summed E-state index contributed by atoms with van der Waals surface area (Å²) in [5.41, 5.74) is 4.33. The van der Waals surface area contributed by atoms with Crippen molar-refractivity contribution in [2.24, 2.45) is 0 Å². The molecule has 0 radical (unpaired) electrons. The van der Waals surface area contributed by atoms with Crippen molar-refractivity contribution in [2.75, 3.05) is 6.61 Å². The second kappa shape index (κ2) is 9.61. The van der Waals surface area contributed by atoms with Crippen molar-refractivity contribution in [3.8, 4) is 0 Å². The van der Waals surface area contributed by atoms with E-state index in [1.165, 1.54) is 10.9 Å². The number of rotatable bonds is 9. The number of benzene rings is 1. The number of unbranched alkanes of at least 4 members (excludes halogenated alkanes) is 1. The van der Waals surface area contributed by atoms with E-state index in [4.69, 9.17) is 4.43 Å². The molecule has 1 saturated carbocycles. The van der Waals surface area contributed by atoms with Crippen molar-refractivity contribution < 1.29 is 4.43 Å². The highest BCUT2D eigenvalue weighted by atomic mass is 79.9. The van der Waals surface area contributed by atoms with Crippen LogP contribution in [0.1, 0.15) is 58.2 Å². The first kappa shape index (κ1) is 25.5. The summed E-state index contributed by atoms with van der Waals surface area (Å²) >= 11 is 3.62. The molecule has 1 fully saturated rings. The highest BCUT2D eigenvalue weighted by molar-refractivity contribution is 9.10. The Balaban J connectivity index is 1.41. The fraction of sp³-hybridized carbons (Fsp3) is 0.500. The molecular formula is C28H37BrN4O2Si. The summed E-state index contributed by atoms with van der Waals surface area (Å²) in [6.07, 6.45) is 7.82. The van der Waals surface area contributed by atoms with Gasteiger partial charge < -0.3 is 8.99 Å². The Hall–Kier alpha value is -2.16. The topological polar surface area (TPSA) is 54.0 Å². The van der Waals surface area contributed by atoms with Gasteiger partial charge in [0.25, 0.3) is 0 Å². The van der Waals surface area contributed by atoms with Gasteiger partial charge in [-0.05, 0) is 74.1 Å². The van der Waals surface area contributed by atoms with Crippen LogP contribution < -0.4 is 5.69 Å². The lowest BCUT2D eigenvalue weighted by atomic mass is 10.2. The number of halogens is 1. The van der Waals surface area contributed by atoms with Crippen molar-refractivity contribution in [1.82, 2.24) is 18.7 Å². The highest BCUT2D eigenvalue weighted by Crippen LogP contribution is 2.37. The molecule has 3 heterocycles. The summed E-state index contributed by atoms with van der Waals surface area (Å²) in [6.45, 7) is 13.7. The fourth-order valence-corrected chi connectivity index (χ4v) is 6.20. The zero-order valence-electron chi connectivity index (χ0n) is 22.1. The van der Waals surface area contributed by atoms with Gasteiger partial charge in [-0.1, -0.05) is 36.7 Å². The highest BCUT2D eigenvalue weighted by Gasteiger charge is 2.36. The maximum Gasteiger partial charge on any atom is 0.329 e. The predicted octanol–water partition coefficient (Wildman–Crippen LogP) is 7.10. The van der Waals surface area contributed by atoms with E-state index in [9.17, 15) is 4.79 Å². The van der Waals surface area contributed by atoms with Gasteiger partial charge in [0.05, 0.1) is 23.8 Å². The maximum atomic E-state index is 13.5. The number of aromatic nitrogens is 4. The molecule has 0 atom stereocenters. The molecular weight excluding hydrogens is 532 g/mol. The molecule has 1 aliphatic carbocycles. The Morgan fingerprint density at radius 3 is 2.56 bits per heavy atom. The van der Waals surface area contributed by atoms with Crippen molar-refractivity contribution in [1.29, 1.82) is 0 Å². The van der Waals surface area contributed by atoms with Gasteiger partial charge in [-0.15, -0.1) is 0 Å². The molecule has 0 spiro atoms. The van der Waals surface area contributed by atoms with Crippen LogP contribution in [0.2, 0.25) is 18.1 Å². The van der Waals surface area contributed by atoms with E-state index in [0.717, 1.165) is 60.0 Å². The molecule has 0 saturated heterocycles. The van der Waals surface area contributed by atoms with Crippen LogP contribution in [-0.2, 0) is 17.5 Å². The molecule has 36 heavy (non-hydrogen) atoms. The summed E-state index contributed by atoms with van der Waals surface area (Å²) in [5.74, 6) is 0. The third-order valence-corrected chi connectivity index (χ3v) is 13.0. The van der Waals surface area contributed by atoms with Gasteiger partial charge in [0.15, 0.2) is 8.32 Å². The second-order valence-electron chi connectivity index (χ2n) is 11.6. The monoisotopic (exact) mass is 568 g/mol. The number of hydrogen-bond donors (Lipinski definition) is 0. The van der Waals surface area contributed by atoms with E-state index < -0.39 is 8.32 Å². The zero-order valence-corrected chi connectivity index (χ0v) is 24.6. The largest absolute Gasteiger partial charge is 0.417 e. The van der Waals surface area contributed by atoms with Crippen LogP contribution in [0.25, 0.3) is 21.9 Å². The normalized spacial score (nSPS) is 14.8. The summed E-state index contributed by atoms with van der Waals surface area (Å²) in [5, 5.41) is 1.42. The smallest absolute Gasteiger partial charge is 0.329 e. The lowest BCUT2D eigenvalue weighted by Crippen LogP contribution is -2.40. The van der Waals surface area contributed by atoms with Crippen LogP contribution in [-0.4, -0.2) is 33.6 Å². The first-order chi connectivity index (χ1) is 17.1. The molecule has 8 heteroatoms. The minimum absolute atomic E-state index is 0.0706. The van der Waals surface area contributed by atoms with Crippen LogP contribution >= 0.6 is 15.9 Å². The molecule has 0 bridgehead atoms. The van der Waals surface area contributed by atoms with Gasteiger partial charge in [-0.3, -0.25) is 14.1 Å². The Morgan fingerprint density at radius 1 is 1.06 bits per heavy atom. The third-order valence-electron chi connectivity index (χ3n) is 7.99. The van der Waals surface area contributed by atoms with E-state index in [-0.39, 0.29) is 10.7 Å². The zero-order chi connectivity index (χ0) is 25.7. The molecule has 6 nitrogen and oxygen atoms in total. The fourth-order valence-electron chi connectivity index (χ4n) is 4.74. The number of nitrogens with zero attached hydrogens (tertiary/aromatic N) is 4. The second-order valence-corrected chi connectivity index (χ2v) is 17.4. The van der Waals surface area contributed by atoms with Gasteiger partial charge in [0, 0.05) is 46.5 Å². The Bertz CT molecular complexity index is 1460. The van der Waals surface area contributed by atoms with E-state index in [2.05, 4.69) is 83.6 Å². The Kier molecular flexibility index (Phi) is 6.81. The summed E-state index contributed by atoms with van der Waals surface area (Å²) in [7, 11) is -1.73. The molecule has 5 rings (SSSR count). The average molecular weight is 570 g/mol. The van der Waals surface area contributed by atoms with Crippen molar-refractivity contribution in [3.63, 3.8) is 0 Å². The minimum Gasteiger partial charge on any atom is -0.417 e. The van der Waals surface area contributed by atoms with Crippen molar-refractivity contribution in [2.45, 2.75) is 83.7 Å². The lowest BCUT2D eigenvalue weighted by Gasteiger charge is -2.36. The first-order valence-electron chi connectivity index (χ1n) is 13.0. The van der Waals surface area contributed by atoms with E-state index in [1.54, 1.807) is 6.20 Å². The molecule has 192 valence electrons. The summed E-state index contributed by atoms with van der Waals surface area (Å²) in [4.78, 5) is 17.8. The van der Waals surface area contributed by atoms with Gasteiger partial charge in [-0.25, -0.2) is 4.79 Å². The molecule has 1 aromatic carbocycles. The molecule has 0 amide bonds. The average Bonchev–Trinajstić information content (AvgIpc) is 3.53. The standard InChI is InChI=1S/C28H37BrN4O2Si/c1-28(2,3)36(4,5)35-15-7-6-14-31-23(17-20-16-21(29)8-11-24(20)31)19-32-26-18-30-13-12-25(26)33(27(32)34)22-9-10-22/h8,11-13,16-18,22H,6-7,9-10,14-15,19H2,1-5H3.